The monoisotopic (exact) mass is 501 g/mol. The smallest absolute Gasteiger partial charge is 0.193 e. The van der Waals surface area contributed by atoms with Crippen molar-refractivity contribution in [3.63, 3.8) is 0 Å². The van der Waals surface area contributed by atoms with Crippen LogP contribution in [0.4, 0.5) is 0 Å². The number of ether oxygens (including phenoxy) is 2. The molecule has 1 aromatic rings. The number of rotatable bonds is 8. The molecule has 158 valence electrons. The predicted octanol–water partition coefficient (Wildman–Crippen LogP) is 4.02. The minimum absolute atomic E-state index is 0. The number of hydrogen-bond donors (Lipinski definition) is 1. The van der Waals surface area contributed by atoms with Gasteiger partial charge in [-0.2, -0.15) is 0 Å². The second-order valence-corrected chi connectivity index (χ2v) is 7.65. The van der Waals surface area contributed by atoms with Crippen LogP contribution in [0.15, 0.2) is 29.3 Å². The standard InChI is InChI=1S/C22H35N3O2.HI/c1-3-23-22(25(2)16-18-12-15-26-17-18)24-13-7-14-27-21-11-6-9-19-8-4-5-10-20(19)21;/h4-5,8,10,18,21H,3,6-7,9,11-17H2,1-2H3,(H,23,24);1H. The number of halogens is 1. The molecule has 0 bridgehead atoms. The van der Waals surface area contributed by atoms with E-state index in [0.29, 0.717) is 5.92 Å². The molecule has 2 unspecified atom stereocenters. The molecule has 1 aromatic carbocycles. The second kappa shape index (κ2) is 12.6. The zero-order chi connectivity index (χ0) is 18.9. The second-order valence-electron chi connectivity index (χ2n) is 7.65. The Kier molecular flexibility index (Phi) is 10.6. The van der Waals surface area contributed by atoms with Crippen LogP contribution >= 0.6 is 24.0 Å². The van der Waals surface area contributed by atoms with Crippen molar-refractivity contribution in [3.05, 3.63) is 35.4 Å². The Morgan fingerprint density at radius 1 is 1.32 bits per heavy atom. The molecule has 3 rings (SSSR count). The van der Waals surface area contributed by atoms with E-state index in [-0.39, 0.29) is 30.1 Å². The average Bonchev–Trinajstić information content (AvgIpc) is 3.20. The van der Waals surface area contributed by atoms with Gasteiger partial charge in [0.2, 0.25) is 0 Å². The van der Waals surface area contributed by atoms with E-state index in [1.807, 2.05) is 0 Å². The van der Waals surface area contributed by atoms with E-state index in [4.69, 9.17) is 14.5 Å². The fraction of sp³-hybridized carbons (Fsp3) is 0.682. The first-order valence-corrected chi connectivity index (χ1v) is 10.5. The molecule has 1 saturated heterocycles. The van der Waals surface area contributed by atoms with Gasteiger partial charge in [-0.05, 0) is 50.2 Å². The number of benzene rings is 1. The first kappa shape index (κ1) is 23.4. The number of fused-ring (bicyclic) bond motifs is 1. The van der Waals surface area contributed by atoms with Crippen LogP contribution in [-0.4, -0.2) is 57.4 Å². The topological polar surface area (TPSA) is 46.1 Å². The third-order valence-corrected chi connectivity index (χ3v) is 5.45. The minimum atomic E-state index is 0. The molecule has 2 atom stereocenters. The SMILES string of the molecule is CCNC(=NCCCOC1CCCc2ccccc21)N(C)CC1CCOC1.I. The fourth-order valence-corrected chi connectivity index (χ4v) is 4.03. The van der Waals surface area contributed by atoms with Gasteiger partial charge in [0, 0.05) is 45.8 Å². The summed E-state index contributed by atoms with van der Waals surface area (Å²) in [5.74, 6) is 1.61. The van der Waals surface area contributed by atoms with Gasteiger partial charge >= 0.3 is 0 Å². The minimum Gasteiger partial charge on any atom is -0.381 e. The Balaban J connectivity index is 0.00000280. The summed E-state index contributed by atoms with van der Waals surface area (Å²) in [4.78, 5) is 7.03. The van der Waals surface area contributed by atoms with Crippen molar-refractivity contribution < 1.29 is 9.47 Å². The van der Waals surface area contributed by atoms with E-state index in [2.05, 4.69) is 48.5 Å². The molecule has 6 heteroatoms. The van der Waals surface area contributed by atoms with Crippen molar-refractivity contribution in [1.29, 1.82) is 0 Å². The molecule has 0 spiro atoms. The summed E-state index contributed by atoms with van der Waals surface area (Å²) in [7, 11) is 2.12. The van der Waals surface area contributed by atoms with E-state index in [9.17, 15) is 0 Å². The maximum Gasteiger partial charge on any atom is 0.193 e. The van der Waals surface area contributed by atoms with Crippen LogP contribution in [0.25, 0.3) is 0 Å². The third kappa shape index (κ3) is 6.88. The van der Waals surface area contributed by atoms with E-state index >= 15 is 0 Å². The Labute approximate surface area is 187 Å². The molecule has 1 fully saturated rings. The van der Waals surface area contributed by atoms with Crippen LogP contribution in [0.2, 0.25) is 0 Å². The first-order chi connectivity index (χ1) is 13.3. The summed E-state index contributed by atoms with van der Waals surface area (Å²) in [6.45, 7) is 7.34. The zero-order valence-electron chi connectivity index (χ0n) is 17.4. The Morgan fingerprint density at radius 3 is 2.96 bits per heavy atom. The lowest BCUT2D eigenvalue weighted by Crippen LogP contribution is -2.41. The first-order valence-electron chi connectivity index (χ1n) is 10.5. The van der Waals surface area contributed by atoms with Crippen molar-refractivity contribution in [2.24, 2.45) is 10.9 Å². The molecule has 2 aliphatic rings. The molecule has 0 saturated carbocycles. The van der Waals surface area contributed by atoms with Gasteiger partial charge in [-0.15, -0.1) is 24.0 Å². The highest BCUT2D eigenvalue weighted by Crippen LogP contribution is 2.32. The van der Waals surface area contributed by atoms with Gasteiger partial charge in [0.25, 0.3) is 0 Å². The van der Waals surface area contributed by atoms with E-state index < -0.39 is 0 Å². The van der Waals surface area contributed by atoms with Gasteiger partial charge in [0.05, 0.1) is 12.7 Å². The zero-order valence-corrected chi connectivity index (χ0v) is 19.7. The largest absolute Gasteiger partial charge is 0.381 e. The van der Waals surface area contributed by atoms with Crippen LogP contribution in [0.3, 0.4) is 0 Å². The maximum absolute atomic E-state index is 6.20. The summed E-state index contributed by atoms with van der Waals surface area (Å²) in [5, 5.41) is 3.40. The number of aryl methyl sites for hydroxylation is 1. The molecule has 0 radical (unpaired) electrons. The molecule has 0 amide bonds. The Hall–Kier alpha value is -0.860. The quantitative estimate of drug-likeness (QED) is 0.253. The predicted molar refractivity (Wildman–Crippen MR) is 126 cm³/mol. The van der Waals surface area contributed by atoms with Gasteiger partial charge in [0.1, 0.15) is 0 Å². The summed E-state index contributed by atoms with van der Waals surface area (Å²) in [6.07, 6.45) is 5.91. The fourth-order valence-electron chi connectivity index (χ4n) is 4.03. The molecule has 1 N–H and O–H groups in total. The van der Waals surface area contributed by atoms with Crippen LogP contribution in [0, 0.1) is 5.92 Å². The number of aliphatic imine (C=N–C) groups is 1. The Bertz CT molecular complexity index is 605. The van der Waals surface area contributed by atoms with Gasteiger partial charge in [0.15, 0.2) is 5.96 Å². The van der Waals surface area contributed by atoms with Crippen molar-refractivity contribution in [2.75, 3.05) is 46.5 Å². The molecular formula is C22H36IN3O2. The lowest BCUT2D eigenvalue weighted by Gasteiger charge is -2.26. The van der Waals surface area contributed by atoms with E-state index in [1.165, 1.54) is 24.0 Å². The van der Waals surface area contributed by atoms with Gasteiger partial charge in [-0.25, -0.2) is 0 Å². The van der Waals surface area contributed by atoms with Crippen molar-refractivity contribution in [3.8, 4) is 0 Å². The maximum atomic E-state index is 6.20. The molecule has 28 heavy (non-hydrogen) atoms. The van der Waals surface area contributed by atoms with Gasteiger partial charge in [-0.3, -0.25) is 4.99 Å². The van der Waals surface area contributed by atoms with Gasteiger partial charge in [-0.1, -0.05) is 24.3 Å². The normalized spacial score (nSPS) is 21.7. The third-order valence-electron chi connectivity index (χ3n) is 5.45. The summed E-state index contributed by atoms with van der Waals surface area (Å²) >= 11 is 0. The Morgan fingerprint density at radius 2 is 2.18 bits per heavy atom. The van der Waals surface area contributed by atoms with Crippen molar-refractivity contribution in [2.45, 2.75) is 45.1 Å². The summed E-state index contributed by atoms with van der Waals surface area (Å²) < 4.78 is 11.7. The number of guanidine groups is 1. The molecule has 1 aliphatic carbocycles. The highest BCUT2D eigenvalue weighted by Gasteiger charge is 2.20. The summed E-state index contributed by atoms with van der Waals surface area (Å²) in [6, 6.07) is 8.72. The van der Waals surface area contributed by atoms with Gasteiger partial charge < -0.3 is 19.7 Å². The van der Waals surface area contributed by atoms with E-state index in [0.717, 1.165) is 64.7 Å². The molecular weight excluding hydrogens is 465 g/mol. The lowest BCUT2D eigenvalue weighted by molar-refractivity contribution is 0.0402. The van der Waals surface area contributed by atoms with Crippen LogP contribution in [0.1, 0.15) is 49.8 Å². The lowest BCUT2D eigenvalue weighted by atomic mass is 9.89. The molecule has 1 aliphatic heterocycles. The number of nitrogens with zero attached hydrogens (tertiary/aromatic N) is 2. The number of nitrogens with one attached hydrogen (secondary N) is 1. The highest BCUT2D eigenvalue weighted by molar-refractivity contribution is 14.0. The van der Waals surface area contributed by atoms with Crippen molar-refractivity contribution in [1.82, 2.24) is 10.2 Å². The summed E-state index contributed by atoms with van der Waals surface area (Å²) in [5.41, 5.74) is 2.85. The molecule has 5 nitrogen and oxygen atoms in total. The van der Waals surface area contributed by atoms with Crippen LogP contribution in [-0.2, 0) is 15.9 Å². The van der Waals surface area contributed by atoms with Crippen molar-refractivity contribution >= 4 is 29.9 Å². The van der Waals surface area contributed by atoms with E-state index in [1.54, 1.807) is 0 Å². The molecule has 0 aromatic heterocycles. The van der Waals surface area contributed by atoms with Crippen LogP contribution in [0.5, 0.6) is 0 Å². The highest BCUT2D eigenvalue weighted by atomic mass is 127. The van der Waals surface area contributed by atoms with Crippen LogP contribution < -0.4 is 5.32 Å². The number of hydrogen-bond acceptors (Lipinski definition) is 3. The average molecular weight is 501 g/mol. The molecule has 1 heterocycles.